The number of hydrogen-bond donors (Lipinski definition) is 1. The van der Waals surface area contributed by atoms with Crippen molar-refractivity contribution >= 4 is 29.0 Å². The van der Waals surface area contributed by atoms with Gasteiger partial charge in [0.25, 0.3) is 0 Å². The molecule has 2 heterocycles. The highest BCUT2D eigenvalue weighted by atomic mass is 32.2. The Labute approximate surface area is 96.0 Å². The molecule has 0 spiro atoms. The standard InChI is InChI=1S/C9H10N4S2/c1-5-3-15-4-6(5)7-11-8(10)13-9(12-7)14-2/h3-4H,1-2H3,(H2,10,11,12,13). The van der Waals surface area contributed by atoms with E-state index >= 15 is 0 Å². The summed E-state index contributed by atoms with van der Waals surface area (Å²) in [6.07, 6.45) is 1.92. The lowest BCUT2D eigenvalue weighted by atomic mass is 10.2. The van der Waals surface area contributed by atoms with Crippen LogP contribution in [0, 0.1) is 6.92 Å². The summed E-state index contributed by atoms with van der Waals surface area (Å²) < 4.78 is 0. The molecule has 0 amide bonds. The number of thiophene rings is 1. The highest BCUT2D eigenvalue weighted by molar-refractivity contribution is 7.98. The number of anilines is 1. The van der Waals surface area contributed by atoms with Crippen LogP contribution in [0.3, 0.4) is 0 Å². The third-order valence-electron chi connectivity index (χ3n) is 1.91. The van der Waals surface area contributed by atoms with Crippen LogP contribution in [-0.4, -0.2) is 21.2 Å². The Hall–Kier alpha value is -1.14. The van der Waals surface area contributed by atoms with E-state index in [9.17, 15) is 0 Å². The van der Waals surface area contributed by atoms with Gasteiger partial charge in [0, 0.05) is 10.9 Å². The molecule has 0 aliphatic heterocycles. The molecule has 0 fully saturated rings. The first kappa shape index (κ1) is 10.4. The zero-order valence-electron chi connectivity index (χ0n) is 8.39. The van der Waals surface area contributed by atoms with Gasteiger partial charge in [-0.05, 0) is 24.1 Å². The summed E-state index contributed by atoms with van der Waals surface area (Å²) in [7, 11) is 0. The second-order valence-electron chi connectivity index (χ2n) is 2.97. The van der Waals surface area contributed by atoms with Gasteiger partial charge in [-0.3, -0.25) is 0 Å². The lowest BCUT2D eigenvalue weighted by Crippen LogP contribution is -2.01. The van der Waals surface area contributed by atoms with Crippen molar-refractivity contribution in [2.45, 2.75) is 12.1 Å². The molecule has 0 radical (unpaired) electrons. The largest absolute Gasteiger partial charge is 0.368 e. The maximum absolute atomic E-state index is 5.62. The molecule has 0 aliphatic carbocycles. The number of hydrogen-bond acceptors (Lipinski definition) is 6. The Morgan fingerprint density at radius 3 is 2.67 bits per heavy atom. The second-order valence-corrected chi connectivity index (χ2v) is 4.49. The molecule has 2 aromatic heterocycles. The predicted molar refractivity (Wildman–Crippen MR) is 64.1 cm³/mol. The Balaban J connectivity index is 2.53. The number of aryl methyl sites for hydroxylation is 1. The van der Waals surface area contributed by atoms with E-state index in [2.05, 4.69) is 20.3 Å². The predicted octanol–water partition coefficient (Wildman–Crippen LogP) is 2.21. The van der Waals surface area contributed by atoms with Crippen molar-refractivity contribution < 1.29 is 0 Å². The Morgan fingerprint density at radius 2 is 2.07 bits per heavy atom. The van der Waals surface area contributed by atoms with Crippen molar-refractivity contribution in [2.75, 3.05) is 12.0 Å². The van der Waals surface area contributed by atoms with Crippen molar-refractivity contribution in [2.24, 2.45) is 0 Å². The van der Waals surface area contributed by atoms with Gasteiger partial charge in [0.05, 0.1) is 0 Å². The number of thioether (sulfide) groups is 1. The molecule has 6 heteroatoms. The molecule has 15 heavy (non-hydrogen) atoms. The molecule has 0 atom stereocenters. The van der Waals surface area contributed by atoms with Gasteiger partial charge in [-0.2, -0.15) is 21.3 Å². The summed E-state index contributed by atoms with van der Waals surface area (Å²) in [6.45, 7) is 2.03. The quantitative estimate of drug-likeness (QED) is 0.813. The van der Waals surface area contributed by atoms with Gasteiger partial charge in [0.1, 0.15) is 0 Å². The van der Waals surface area contributed by atoms with Crippen LogP contribution in [0.25, 0.3) is 11.4 Å². The number of aromatic nitrogens is 3. The monoisotopic (exact) mass is 238 g/mol. The Bertz CT molecular complexity index is 481. The SMILES string of the molecule is CSc1nc(N)nc(-c2cscc2C)n1. The summed E-state index contributed by atoms with van der Waals surface area (Å²) in [5, 5.41) is 4.74. The van der Waals surface area contributed by atoms with Crippen molar-refractivity contribution in [3.8, 4) is 11.4 Å². The summed E-state index contributed by atoms with van der Waals surface area (Å²) >= 11 is 3.09. The van der Waals surface area contributed by atoms with Crippen LogP contribution >= 0.6 is 23.1 Å². The maximum Gasteiger partial charge on any atom is 0.224 e. The summed E-state index contributed by atoms with van der Waals surface area (Å²) in [5.74, 6) is 0.931. The van der Waals surface area contributed by atoms with Gasteiger partial charge < -0.3 is 5.73 Å². The van der Waals surface area contributed by atoms with Crippen LogP contribution in [0.2, 0.25) is 0 Å². The molecule has 2 rings (SSSR count). The minimum absolute atomic E-state index is 0.273. The van der Waals surface area contributed by atoms with Crippen molar-refractivity contribution in [3.63, 3.8) is 0 Å². The molecule has 0 aromatic carbocycles. The van der Waals surface area contributed by atoms with Crippen LogP contribution < -0.4 is 5.73 Å². The molecule has 78 valence electrons. The highest BCUT2D eigenvalue weighted by Crippen LogP contribution is 2.25. The average molecular weight is 238 g/mol. The van der Waals surface area contributed by atoms with E-state index in [4.69, 9.17) is 5.73 Å². The van der Waals surface area contributed by atoms with E-state index in [0.29, 0.717) is 11.0 Å². The van der Waals surface area contributed by atoms with Gasteiger partial charge in [0.15, 0.2) is 11.0 Å². The van der Waals surface area contributed by atoms with Gasteiger partial charge in [-0.25, -0.2) is 4.98 Å². The fraction of sp³-hybridized carbons (Fsp3) is 0.222. The molecule has 4 nitrogen and oxygen atoms in total. The van der Waals surface area contributed by atoms with E-state index in [0.717, 1.165) is 11.1 Å². The maximum atomic E-state index is 5.62. The summed E-state index contributed by atoms with van der Waals surface area (Å²) in [4.78, 5) is 12.5. The van der Waals surface area contributed by atoms with Gasteiger partial charge in [-0.15, -0.1) is 0 Å². The molecule has 0 aliphatic rings. The van der Waals surface area contributed by atoms with Crippen LogP contribution in [0.4, 0.5) is 5.95 Å². The van der Waals surface area contributed by atoms with Crippen molar-refractivity contribution in [1.82, 2.24) is 15.0 Å². The third-order valence-corrected chi connectivity index (χ3v) is 3.32. The third kappa shape index (κ3) is 2.10. The molecule has 0 saturated carbocycles. The topological polar surface area (TPSA) is 64.7 Å². The summed E-state index contributed by atoms with van der Waals surface area (Å²) in [5.41, 5.74) is 7.82. The van der Waals surface area contributed by atoms with Crippen LogP contribution in [0.15, 0.2) is 15.9 Å². The van der Waals surface area contributed by atoms with E-state index in [1.165, 1.54) is 11.8 Å². The normalized spacial score (nSPS) is 10.5. The number of nitrogen functional groups attached to an aromatic ring is 1. The fourth-order valence-corrected chi connectivity index (χ4v) is 2.36. The molecular weight excluding hydrogens is 228 g/mol. The van der Waals surface area contributed by atoms with Gasteiger partial charge in [-0.1, -0.05) is 11.8 Å². The first-order valence-electron chi connectivity index (χ1n) is 4.29. The molecule has 2 aromatic rings. The molecular formula is C9H10N4S2. The van der Waals surface area contributed by atoms with Crippen molar-refractivity contribution in [3.05, 3.63) is 16.3 Å². The van der Waals surface area contributed by atoms with E-state index in [1.807, 2.05) is 18.6 Å². The molecule has 0 saturated heterocycles. The van der Waals surface area contributed by atoms with Crippen LogP contribution in [0.1, 0.15) is 5.56 Å². The smallest absolute Gasteiger partial charge is 0.224 e. The lowest BCUT2D eigenvalue weighted by Gasteiger charge is -2.02. The van der Waals surface area contributed by atoms with E-state index < -0.39 is 0 Å². The average Bonchev–Trinajstić information content (AvgIpc) is 2.63. The van der Waals surface area contributed by atoms with Crippen LogP contribution in [0.5, 0.6) is 0 Å². The van der Waals surface area contributed by atoms with Gasteiger partial charge in [0.2, 0.25) is 5.95 Å². The first-order chi connectivity index (χ1) is 7.20. The zero-order valence-corrected chi connectivity index (χ0v) is 10.0. The second kappa shape index (κ2) is 4.16. The van der Waals surface area contributed by atoms with E-state index in [-0.39, 0.29) is 5.95 Å². The molecule has 0 unspecified atom stereocenters. The van der Waals surface area contributed by atoms with Crippen molar-refractivity contribution in [1.29, 1.82) is 0 Å². The Morgan fingerprint density at radius 1 is 1.27 bits per heavy atom. The number of rotatable bonds is 2. The molecule has 0 bridgehead atoms. The van der Waals surface area contributed by atoms with Crippen LogP contribution in [-0.2, 0) is 0 Å². The zero-order chi connectivity index (χ0) is 10.8. The molecule has 2 N–H and O–H groups in total. The fourth-order valence-electron chi connectivity index (χ4n) is 1.17. The summed E-state index contributed by atoms with van der Waals surface area (Å²) in [6, 6.07) is 0. The Kier molecular flexibility index (Phi) is 2.88. The minimum Gasteiger partial charge on any atom is -0.368 e. The number of nitrogens with two attached hydrogens (primary N) is 1. The number of nitrogens with zero attached hydrogens (tertiary/aromatic N) is 3. The minimum atomic E-state index is 0.273. The first-order valence-corrected chi connectivity index (χ1v) is 6.46. The van der Waals surface area contributed by atoms with E-state index in [1.54, 1.807) is 11.3 Å². The lowest BCUT2D eigenvalue weighted by molar-refractivity contribution is 0.927. The van der Waals surface area contributed by atoms with Gasteiger partial charge >= 0.3 is 0 Å². The highest BCUT2D eigenvalue weighted by Gasteiger charge is 2.09.